The normalized spacial score (nSPS) is 10.5. The van der Waals surface area contributed by atoms with Crippen LogP contribution in [0.25, 0.3) is 0 Å². The van der Waals surface area contributed by atoms with Crippen LogP contribution in [0, 0.1) is 0 Å². The van der Waals surface area contributed by atoms with E-state index in [1.54, 1.807) is 36.4 Å². The molecule has 0 radical (unpaired) electrons. The minimum atomic E-state index is -0.634. The Morgan fingerprint density at radius 1 is 0.879 bits per heavy atom. The number of benzene rings is 3. The second-order valence-corrected chi connectivity index (χ2v) is 7.57. The third-order valence-corrected chi connectivity index (χ3v) is 5.12. The number of imidazole rings is 1. The van der Waals surface area contributed by atoms with Gasteiger partial charge in [0.05, 0.1) is 12.0 Å². The van der Waals surface area contributed by atoms with E-state index in [4.69, 9.17) is 11.6 Å². The van der Waals surface area contributed by atoms with Crippen LogP contribution in [0.15, 0.2) is 85.2 Å². The number of anilines is 1. The van der Waals surface area contributed by atoms with Crippen molar-refractivity contribution in [2.24, 2.45) is 0 Å². The molecule has 4 rings (SSSR count). The maximum absolute atomic E-state index is 13.0. The lowest BCUT2D eigenvalue weighted by Gasteiger charge is -2.11. The minimum Gasteiger partial charge on any atom is -0.347 e. The maximum atomic E-state index is 13.0. The molecule has 2 amide bonds. The summed E-state index contributed by atoms with van der Waals surface area (Å²) in [7, 11) is 0. The van der Waals surface area contributed by atoms with Crippen LogP contribution in [0.4, 0.5) is 5.69 Å². The van der Waals surface area contributed by atoms with E-state index in [2.05, 4.69) is 20.6 Å². The molecule has 7 nitrogen and oxygen atoms in total. The van der Waals surface area contributed by atoms with Gasteiger partial charge in [-0.05, 0) is 23.8 Å². The Bertz CT molecular complexity index is 1300. The average molecular weight is 459 g/mol. The molecule has 0 atom stereocenters. The predicted molar refractivity (Wildman–Crippen MR) is 125 cm³/mol. The monoisotopic (exact) mass is 458 g/mol. The number of aromatic nitrogens is 2. The first-order chi connectivity index (χ1) is 16.0. The van der Waals surface area contributed by atoms with Crippen molar-refractivity contribution in [3.8, 4) is 0 Å². The summed E-state index contributed by atoms with van der Waals surface area (Å²) in [5.41, 5.74) is 1.80. The first-order valence-electron chi connectivity index (χ1n) is 10.1. The highest BCUT2D eigenvalue weighted by molar-refractivity contribution is 6.31. The predicted octanol–water partition coefficient (Wildman–Crippen LogP) is 4.48. The maximum Gasteiger partial charge on any atom is 0.276 e. The van der Waals surface area contributed by atoms with E-state index >= 15 is 0 Å². The Labute approximate surface area is 194 Å². The topological polar surface area (TPSA) is 104 Å². The lowest BCUT2D eigenvalue weighted by Crippen LogP contribution is -2.26. The minimum absolute atomic E-state index is 0.0216. The Kier molecular flexibility index (Phi) is 6.61. The summed E-state index contributed by atoms with van der Waals surface area (Å²) >= 11 is 6.10. The van der Waals surface area contributed by atoms with Crippen molar-refractivity contribution in [2.45, 2.75) is 6.54 Å². The number of aromatic amines is 1. The van der Waals surface area contributed by atoms with Gasteiger partial charge in [0.15, 0.2) is 11.5 Å². The summed E-state index contributed by atoms with van der Waals surface area (Å²) in [6, 6.07) is 22.7. The molecule has 0 saturated heterocycles. The highest BCUT2D eigenvalue weighted by Crippen LogP contribution is 2.24. The number of carbonyl (C=O) groups is 3. The molecule has 3 N–H and O–H groups in total. The molecule has 8 heteroatoms. The fourth-order valence-corrected chi connectivity index (χ4v) is 3.42. The van der Waals surface area contributed by atoms with Gasteiger partial charge in [-0.2, -0.15) is 0 Å². The number of rotatable bonds is 7. The molecule has 0 aliphatic heterocycles. The lowest BCUT2D eigenvalue weighted by atomic mass is 10.0. The first kappa shape index (κ1) is 22.0. The molecular formula is C25H19ClN4O3. The van der Waals surface area contributed by atoms with E-state index < -0.39 is 11.8 Å². The van der Waals surface area contributed by atoms with Crippen LogP contribution >= 0.6 is 11.6 Å². The second kappa shape index (κ2) is 9.93. The molecule has 0 spiro atoms. The Morgan fingerprint density at radius 2 is 1.58 bits per heavy atom. The third kappa shape index (κ3) is 5.16. The zero-order valence-corrected chi connectivity index (χ0v) is 18.1. The Morgan fingerprint density at radius 3 is 2.30 bits per heavy atom. The van der Waals surface area contributed by atoms with Gasteiger partial charge >= 0.3 is 0 Å². The molecular weight excluding hydrogens is 440 g/mol. The quantitative estimate of drug-likeness (QED) is 0.355. The van der Waals surface area contributed by atoms with E-state index in [-0.39, 0.29) is 28.4 Å². The van der Waals surface area contributed by atoms with Crippen molar-refractivity contribution in [3.63, 3.8) is 0 Å². The van der Waals surface area contributed by atoms with Crippen LogP contribution in [0.1, 0.15) is 42.5 Å². The summed E-state index contributed by atoms with van der Waals surface area (Å²) in [4.78, 5) is 45.3. The van der Waals surface area contributed by atoms with Gasteiger partial charge in [-0.1, -0.05) is 72.3 Å². The number of hydrogen-bond donors (Lipinski definition) is 3. The zero-order chi connectivity index (χ0) is 23.2. The average Bonchev–Trinajstić information content (AvgIpc) is 3.35. The number of nitrogens with zero attached hydrogens (tertiary/aromatic N) is 1. The van der Waals surface area contributed by atoms with Crippen molar-refractivity contribution in [3.05, 3.63) is 118 Å². The summed E-state index contributed by atoms with van der Waals surface area (Å²) in [6.45, 7) is 0.298. The fraction of sp³-hybridized carbons (Fsp3) is 0.0400. The molecule has 0 aliphatic carbocycles. The van der Waals surface area contributed by atoms with Gasteiger partial charge in [0.1, 0.15) is 5.69 Å². The van der Waals surface area contributed by atoms with Crippen molar-refractivity contribution in [2.75, 3.05) is 5.32 Å². The van der Waals surface area contributed by atoms with Crippen molar-refractivity contribution >= 4 is 34.9 Å². The summed E-state index contributed by atoms with van der Waals surface area (Å²) in [5.74, 6) is -1.40. The fourth-order valence-electron chi connectivity index (χ4n) is 3.25. The van der Waals surface area contributed by atoms with Gasteiger partial charge in [-0.15, -0.1) is 0 Å². The molecule has 1 heterocycles. The Balaban J connectivity index is 1.54. The van der Waals surface area contributed by atoms with Crippen molar-refractivity contribution in [1.29, 1.82) is 0 Å². The summed E-state index contributed by atoms with van der Waals surface area (Å²) in [5, 5.41) is 5.79. The summed E-state index contributed by atoms with van der Waals surface area (Å²) < 4.78 is 0. The summed E-state index contributed by atoms with van der Waals surface area (Å²) in [6.07, 6.45) is 1.27. The number of amides is 2. The molecule has 0 unspecified atom stereocenters. The molecule has 0 saturated carbocycles. The zero-order valence-electron chi connectivity index (χ0n) is 17.3. The highest BCUT2D eigenvalue weighted by Gasteiger charge is 2.22. The van der Waals surface area contributed by atoms with Crippen LogP contribution in [0.3, 0.4) is 0 Å². The smallest absolute Gasteiger partial charge is 0.276 e. The largest absolute Gasteiger partial charge is 0.347 e. The van der Waals surface area contributed by atoms with Crippen LogP contribution < -0.4 is 10.6 Å². The van der Waals surface area contributed by atoms with E-state index in [9.17, 15) is 14.4 Å². The van der Waals surface area contributed by atoms with Gasteiger partial charge < -0.3 is 15.6 Å². The number of ketones is 1. The van der Waals surface area contributed by atoms with Gasteiger partial charge in [0.2, 0.25) is 0 Å². The van der Waals surface area contributed by atoms with E-state index in [1.165, 1.54) is 18.5 Å². The molecule has 0 aliphatic rings. The molecule has 1 aromatic heterocycles. The van der Waals surface area contributed by atoms with Gasteiger partial charge in [0.25, 0.3) is 11.8 Å². The highest BCUT2D eigenvalue weighted by atomic mass is 35.5. The molecule has 164 valence electrons. The van der Waals surface area contributed by atoms with E-state index in [1.807, 2.05) is 30.3 Å². The SMILES string of the molecule is O=C(c1ccccc1)c1cc(Cl)ccc1NC(=O)c1nc[nH]c1C(=O)NCc1ccccc1. The molecule has 33 heavy (non-hydrogen) atoms. The van der Waals surface area contributed by atoms with E-state index in [0.717, 1.165) is 5.56 Å². The molecule has 3 aromatic carbocycles. The standard InChI is InChI=1S/C25H19ClN4O3/c26-18-11-12-20(19(13-18)23(31)17-9-5-2-6-10-17)30-25(33)22-21(28-15-29-22)24(32)27-14-16-7-3-1-4-8-16/h1-13,15H,14H2,(H,27,32)(H,28,29)(H,30,33). The van der Waals surface area contributed by atoms with Gasteiger partial charge in [-0.25, -0.2) is 4.98 Å². The molecule has 0 fully saturated rings. The van der Waals surface area contributed by atoms with Crippen molar-refractivity contribution < 1.29 is 14.4 Å². The van der Waals surface area contributed by atoms with Crippen molar-refractivity contribution in [1.82, 2.24) is 15.3 Å². The van der Waals surface area contributed by atoms with Crippen LogP contribution in [-0.4, -0.2) is 27.6 Å². The lowest BCUT2D eigenvalue weighted by molar-refractivity contribution is 0.0932. The first-order valence-corrected chi connectivity index (χ1v) is 10.5. The number of halogens is 1. The number of carbonyl (C=O) groups excluding carboxylic acids is 3. The van der Waals surface area contributed by atoms with Crippen LogP contribution in [0.5, 0.6) is 0 Å². The van der Waals surface area contributed by atoms with Crippen LogP contribution in [-0.2, 0) is 6.54 Å². The number of hydrogen-bond acceptors (Lipinski definition) is 4. The number of nitrogens with one attached hydrogen (secondary N) is 3. The molecule has 0 bridgehead atoms. The molecule has 4 aromatic rings. The van der Waals surface area contributed by atoms with E-state index in [0.29, 0.717) is 17.1 Å². The van der Waals surface area contributed by atoms with Gasteiger partial charge in [-0.3, -0.25) is 14.4 Å². The Hall–Kier alpha value is -4.23. The van der Waals surface area contributed by atoms with Crippen LogP contribution in [0.2, 0.25) is 5.02 Å². The third-order valence-electron chi connectivity index (χ3n) is 4.89. The van der Waals surface area contributed by atoms with Gasteiger partial charge in [0, 0.05) is 22.7 Å². The second-order valence-electron chi connectivity index (χ2n) is 7.13. The number of H-pyrrole nitrogens is 1.